The predicted molar refractivity (Wildman–Crippen MR) is 84.5 cm³/mol. The van der Waals surface area contributed by atoms with Gasteiger partial charge in [-0.3, -0.25) is 0 Å². The zero-order chi connectivity index (χ0) is 14.7. The van der Waals surface area contributed by atoms with Crippen LogP contribution in [-0.2, 0) is 13.1 Å². The molecule has 1 aromatic heterocycles. The van der Waals surface area contributed by atoms with Crippen LogP contribution in [0.15, 0.2) is 24.4 Å². The van der Waals surface area contributed by atoms with Crippen LogP contribution in [0.25, 0.3) is 0 Å². The van der Waals surface area contributed by atoms with Crippen molar-refractivity contribution in [2.75, 3.05) is 0 Å². The van der Waals surface area contributed by atoms with Gasteiger partial charge in [0, 0.05) is 28.8 Å². The van der Waals surface area contributed by atoms with Crippen molar-refractivity contribution in [2.45, 2.75) is 39.9 Å². The van der Waals surface area contributed by atoms with Crippen molar-refractivity contribution in [1.29, 1.82) is 0 Å². The normalized spacial score (nSPS) is 11.3. The van der Waals surface area contributed by atoms with E-state index in [0.29, 0.717) is 17.6 Å². The van der Waals surface area contributed by atoms with E-state index in [-0.39, 0.29) is 0 Å². The van der Waals surface area contributed by atoms with Crippen LogP contribution in [0.2, 0.25) is 10.0 Å². The van der Waals surface area contributed by atoms with Crippen LogP contribution in [0.1, 0.15) is 30.9 Å². The number of aryl methyl sites for hydroxylation is 1. The van der Waals surface area contributed by atoms with Gasteiger partial charge < -0.3 is 9.88 Å². The van der Waals surface area contributed by atoms with Gasteiger partial charge in [-0.05, 0) is 30.7 Å². The van der Waals surface area contributed by atoms with E-state index in [1.807, 2.05) is 25.3 Å². The molecule has 0 bridgehead atoms. The summed E-state index contributed by atoms with van der Waals surface area (Å²) in [5.74, 6) is 0.974. The van der Waals surface area contributed by atoms with Crippen LogP contribution < -0.4 is 5.32 Å². The maximum atomic E-state index is 6.24. The molecule has 1 heterocycles. The molecule has 2 aromatic rings. The molecule has 0 aliphatic carbocycles. The van der Waals surface area contributed by atoms with E-state index in [2.05, 4.69) is 28.7 Å². The summed E-state index contributed by atoms with van der Waals surface area (Å²) in [6.07, 6.45) is 1.91. The highest BCUT2D eigenvalue weighted by atomic mass is 35.5. The van der Waals surface area contributed by atoms with Crippen molar-refractivity contribution in [3.8, 4) is 0 Å². The first-order valence-corrected chi connectivity index (χ1v) is 7.41. The Kier molecular flexibility index (Phi) is 5.08. The van der Waals surface area contributed by atoms with Crippen molar-refractivity contribution in [3.63, 3.8) is 0 Å². The molecular formula is C15H19Cl2N3. The molecule has 0 saturated heterocycles. The van der Waals surface area contributed by atoms with E-state index in [1.54, 1.807) is 6.07 Å². The van der Waals surface area contributed by atoms with Gasteiger partial charge in [-0.2, -0.15) is 0 Å². The minimum atomic E-state index is 0.438. The molecule has 0 spiro atoms. The zero-order valence-corrected chi connectivity index (χ0v) is 13.5. The molecule has 3 nitrogen and oxygen atoms in total. The van der Waals surface area contributed by atoms with E-state index < -0.39 is 0 Å². The van der Waals surface area contributed by atoms with Gasteiger partial charge in [0.15, 0.2) is 0 Å². The Morgan fingerprint density at radius 3 is 2.75 bits per heavy atom. The summed E-state index contributed by atoms with van der Waals surface area (Å²) in [5, 5.41) is 4.83. The third kappa shape index (κ3) is 3.75. The molecule has 2 rings (SSSR count). The maximum absolute atomic E-state index is 6.24. The van der Waals surface area contributed by atoms with Gasteiger partial charge in [-0.15, -0.1) is 0 Å². The van der Waals surface area contributed by atoms with Crippen molar-refractivity contribution in [1.82, 2.24) is 14.9 Å². The van der Waals surface area contributed by atoms with Crippen molar-refractivity contribution in [2.24, 2.45) is 0 Å². The summed E-state index contributed by atoms with van der Waals surface area (Å²) < 4.78 is 2.16. The Balaban J connectivity index is 2.24. The minimum Gasteiger partial charge on any atom is -0.327 e. The maximum Gasteiger partial charge on any atom is 0.106 e. The summed E-state index contributed by atoms with van der Waals surface area (Å²) in [6.45, 7) is 7.72. The molecule has 0 aliphatic heterocycles. The molecule has 20 heavy (non-hydrogen) atoms. The lowest BCUT2D eigenvalue weighted by atomic mass is 10.2. The molecule has 5 heteroatoms. The molecule has 108 valence electrons. The van der Waals surface area contributed by atoms with Crippen molar-refractivity contribution < 1.29 is 0 Å². The number of halogens is 2. The van der Waals surface area contributed by atoms with Crippen LogP contribution in [-0.4, -0.2) is 15.6 Å². The van der Waals surface area contributed by atoms with Gasteiger partial charge in [-0.1, -0.05) is 37.0 Å². The topological polar surface area (TPSA) is 29.9 Å². The number of imidazole rings is 1. The molecule has 0 amide bonds. The summed E-state index contributed by atoms with van der Waals surface area (Å²) in [7, 11) is 0. The first-order chi connectivity index (χ1) is 9.47. The van der Waals surface area contributed by atoms with Gasteiger partial charge in [-0.25, -0.2) is 4.98 Å². The second-order valence-electron chi connectivity index (χ2n) is 5.15. The van der Waals surface area contributed by atoms with E-state index in [1.165, 1.54) is 0 Å². The summed E-state index contributed by atoms with van der Waals surface area (Å²) in [4.78, 5) is 4.39. The van der Waals surface area contributed by atoms with Crippen LogP contribution in [0, 0.1) is 6.92 Å². The largest absolute Gasteiger partial charge is 0.327 e. The monoisotopic (exact) mass is 311 g/mol. The lowest BCUT2D eigenvalue weighted by molar-refractivity contribution is 0.562. The fourth-order valence-electron chi connectivity index (χ4n) is 2.02. The second kappa shape index (κ2) is 6.61. The number of aromatic nitrogens is 2. The smallest absolute Gasteiger partial charge is 0.106 e. The van der Waals surface area contributed by atoms with E-state index in [4.69, 9.17) is 23.2 Å². The highest BCUT2D eigenvalue weighted by molar-refractivity contribution is 6.33. The number of nitrogens with zero attached hydrogens (tertiary/aromatic N) is 2. The molecule has 0 radical (unpaired) electrons. The van der Waals surface area contributed by atoms with Crippen LogP contribution in [0.4, 0.5) is 0 Å². The Bertz CT molecular complexity index is 591. The Morgan fingerprint density at radius 2 is 2.05 bits per heavy atom. The van der Waals surface area contributed by atoms with Crippen molar-refractivity contribution >= 4 is 23.2 Å². The van der Waals surface area contributed by atoms with Crippen molar-refractivity contribution in [3.05, 3.63) is 51.5 Å². The molecule has 1 aromatic carbocycles. The van der Waals surface area contributed by atoms with Crippen LogP contribution in [0.3, 0.4) is 0 Å². The van der Waals surface area contributed by atoms with Gasteiger partial charge >= 0.3 is 0 Å². The standard InChI is InChI=1S/C15H19Cl2N3/c1-10(2)18-7-14-8-19-11(3)20(14)9-12-6-13(16)4-5-15(12)17/h4-6,8,10,18H,7,9H2,1-3H3. The fraction of sp³-hybridized carbons (Fsp3) is 0.400. The Labute approximate surface area is 129 Å². The Morgan fingerprint density at radius 1 is 1.30 bits per heavy atom. The molecule has 0 unspecified atom stereocenters. The molecule has 1 N–H and O–H groups in total. The summed E-state index contributed by atoms with van der Waals surface area (Å²) in [6, 6.07) is 5.98. The first-order valence-electron chi connectivity index (χ1n) is 6.65. The number of nitrogens with one attached hydrogen (secondary N) is 1. The molecule has 0 fully saturated rings. The SMILES string of the molecule is Cc1ncc(CNC(C)C)n1Cc1cc(Cl)ccc1Cl. The fourth-order valence-corrected chi connectivity index (χ4v) is 2.39. The zero-order valence-electron chi connectivity index (χ0n) is 12.0. The third-order valence-electron chi connectivity index (χ3n) is 3.17. The van der Waals surface area contributed by atoms with Gasteiger partial charge in [0.25, 0.3) is 0 Å². The molecular weight excluding hydrogens is 293 g/mol. The van der Waals surface area contributed by atoms with Gasteiger partial charge in [0.2, 0.25) is 0 Å². The third-order valence-corrected chi connectivity index (χ3v) is 3.77. The van der Waals surface area contributed by atoms with E-state index in [0.717, 1.165) is 28.6 Å². The van der Waals surface area contributed by atoms with Gasteiger partial charge in [0.1, 0.15) is 5.82 Å². The number of benzene rings is 1. The predicted octanol–water partition coefficient (Wildman–Crippen LogP) is 4.04. The average Bonchev–Trinajstić information content (AvgIpc) is 2.73. The molecule has 0 saturated carbocycles. The van der Waals surface area contributed by atoms with Gasteiger partial charge in [0.05, 0.1) is 12.2 Å². The second-order valence-corrected chi connectivity index (χ2v) is 6.00. The highest BCUT2D eigenvalue weighted by Crippen LogP contribution is 2.22. The average molecular weight is 312 g/mol. The number of hydrogen-bond acceptors (Lipinski definition) is 2. The first kappa shape index (κ1) is 15.4. The van der Waals surface area contributed by atoms with E-state index in [9.17, 15) is 0 Å². The summed E-state index contributed by atoms with van der Waals surface area (Å²) in [5.41, 5.74) is 2.15. The molecule has 0 aliphatic rings. The number of rotatable bonds is 5. The Hall–Kier alpha value is -1.03. The lowest BCUT2D eigenvalue weighted by Gasteiger charge is -2.14. The number of hydrogen-bond donors (Lipinski definition) is 1. The summed E-state index contributed by atoms with van der Waals surface area (Å²) >= 11 is 12.3. The minimum absolute atomic E-state index is 0.438. The van der Waals surface area contributed by atoms with Crippen LogP contribution >= 0.6 is 23.2 Å². The highest BCUT2D eigenvalue weighted by Gasteiger charge is 2.10. The van der Waals surface area contributed by atoms with E-state index >= 15 is 0 Å². The quantitative estimate of drug-likeness (QED) is 0.903. The molecule has 0 atom stereocenters. The lowest BCUT2D eigenvalue weighted by Crippen LogP contribution is -2.23. The van der Waals surface area contributed by atoms with Crippen LogP contribution in [0.5, 0.6) is 0 Å².